The molecular weight excluding hydrogens is 763 g/mol. The Morgan fingerprint density at radius 2 is 1.30 bits per heavy atom. The average Bonchev–Trinajstić information content (AvgIpc) is 3.68. The van der Waals surface area contributed by atoms with E-state index in [-0.39, 0.29) is 6.04 Å². The summed E-state index contributed by atoms with van der Waals surface area (Å²) in [6, 6.07) is 59.6. The van der Waals surface area contributed by atoms with Crippen molar-refractivity contribution < 1.29 is 0 Å². The Kier molecular flexibility index (Phi) is 11.1. The van der Waals surface area contributed by atoms with Gasteiger partial charge in [-0.25, -0.2) is 9.97 Å². The molecule has 1 aliphatic heterocycles. The molecule has 1 atom stereocenters. The maximum absolute atomic E-state index is 5.11. The Labute approximate surface area is 370 Å². The van der Waals surface area contributed by atoms with Gasteiger partial charge in [-0.3, -0.25) is 0 Å². The van der Waals surface area contributed by atoms with E-state index in [4.69, 9.17) is 9.97 Å². The molecule has 0 amide bonds. The van der Waals surface area contributed by atoms with E-state index in [0.717, 1.165) is 84.9 Å². The monoisotopic (exact) mass is 809 g/mol. The first-order valence-electron chi connectivity index (χ1n) is 21.7. The lowest BCUT2D eigenvalue weighted by atomic mass is 9.82. The maximum Gasteiger partial charge on any atom is 0.277 e. The highest BCUT2D eigenvalue weighted by Gasteiger charge is 2.24. The topological polar surface area (TPSA) is 34.0 Å². The average molecular weight is 810 g/mol. The number of para-hydroxylation sites is 2. The van der Waals surface area contributed by atoms with Gasteiger partial charge >= 0.3 is 0 Å². The summed E-state index contributed by atoms with van der Waals surface area (Å²) in [6.45, 7) is 6.74. The van der Waals surface area contributed by atoms with Crippen LogP contribution in [0.1, 0.15) is 19.8 Å². The second kappa shape index (κ2) is 17.7. The summed E-state index contributed by atoms with van der Waals surface area (Å²) in [5, 5.41) is 3.28. The van der Waals surface area contributed by atoms with Crippen LogP contribution < -0.4 is 15.4 Å². The molecule has 8 aromatic rings. The van der Waals surface area contributed by atoms with Gasteiger partial charge in [-0.15, -0.1) is 0 Å². The van der Waals surface area contributed by atoms with Gasteiger partial charge in [0.1, 0.15) is 0 Å². The van der Waals surface area contributed by atoms with Crippen LogP contribution in [-0.4, -0.2) is 28.0 Å². The molecule has 0 N–H and O–H groups in total. The fourth-order valence-electron chi connectivity index (χ4n) is 8.78. The van der Waals surface area contributed by atoms with Crippen molar-refractivity contribution in [2.75, 3.05) is 4.81 Å². The molecule has 4 nitrogen and oxygen atoms in total. The molecule has 301 valence electrons. The van der Waals surface area contributed by atoms with Gasteiger partial charge in [0, 0.05) is 44.7 Å². The van der Waals surface area contributed by atoms with Gasteiger partial charge in [0.2, 0.25) is 0 Å². The second-order valence-corrected chi connectivity index (χ2v) is 16.1. The lowest BCUT2D eigenvalue weighted by molar-refractivity contribution is 0.751. The fraction of sp³-hybridized carbons (Fsp3) is 0.0690. The van der Waals surface area contributed by atoms with E-state index >= 15 is 0 Å². The summed E-state index contributed by atoms with van der Waals surface area (Å²) < 4.78 is 2.31. The van der Waals surface area contributed by atoms with Crippen molar-refractivity contribution in [3.05, 3.63) is 240 Å². The highest BCUT2D eigenvalue weighted by molar-refractivity contribution is 6.48. The molecule has 10 rings (SSSR count). The molecule has 5 heteroatoms. The number of hydrogen-bond donors (Lipinski definition) is 0. The van der Waals surface area contributed by atoms with Crippen molar-refractivity contribution in [1.29, 1.82) is 0 Å². The third kappa shape index (κ3) is 8.22. The molecule has 1 radical (unpaired) electrons. The lowest BCUT2D eigenvalue weighted by Crippen LogP contribution is -2.39. The zero-order chi connectivity index (χ0) is 42.5. The molecule has 2 aliphatic rings. The molecule has 0 bridgehead atoms. The molecule has 1 unspecified atom stereocenters. The molecule has 1 aliphatic carbocycles. The Bertz CT molecular complexity index is 3170. The van der Waals surface area contributed by atoms with E-state index in [0.29, 0.717) is 5.82 Å². The van der Waals surface area contributed by atoms with Crippen molar-refractivity contribution in [3.8, 4) is 50.7 Å². The molecule has 63 heavy (non-hydrogen) atoms. The van der Waals surface area contributed by atoms with Crippen molar-refractivity contribution in [2.24, 2.45) is 0 Å². The van der Waals surface area contributed by atoms with E-state index in [1.54, 1.807) is 0 Å². The quantitative estimate of drug-likeness (QED) is 0.143. The normalized spacial score (nSPS) is 16.3. The Morgan fingerprint density at radius 3 is 2.10 bits per heavy atom. The minimum atomic E-state index is 0.191. The third-order valence-electron chi connectivity index (χ3n) is 12.1. The largest absolute Gasteiger partial charge is 0.408 e. The van der Waals surface area contributed by atoms with Crippen LogP contribution in [0.5, 0.6) is 0 Å². The first-order chi connectivity index (χ1) is 31.1. The van der Waals surface area contributed by atoms with Crippen LogP contribution >= 0.6 is 0 Å². The molecule has 0 spiro atoms. The third-order valence-corrected chi connectivity index (χ3v) is 12.1. The lowest BCUT2D eigenvalue weighted by Gasteiger charge is -2.35. The van der Waals surface area contributed by atoms with Crippen LogP contribution in [0, 0.1) is 0 Å². The van der Waals surface area contributed by atoms with Crippen LogP contribution in [0.15, 0.2) is 229 Å². The van der Waals surface area contributed by atoms with E-state index in [9.17, 15) is 0 Å². The number of allylic oxidation sites excluding steroid dienone is 7. The number of rotatable bonds is 8. The number of nitrogens with zero attached hydrogens (tertiary/aromatic N) is 4. The van der Waals surface area contributed by atoms with Crippen LogP contribution in [0.2, 0.25) is 0 Å². The fourth-order valence-corrected chi connectivity index (χ4v) is 8.78. The first kappa shape index (κ1) is 39.4. The van der Waals surface area contributed by atoms with Gasteiger partial charge in [0.15, 0.2) is 5.82 Å². The van der Waals surface area contributed by atoms with Crippen LogP contribution in [0.25, 0.3) is 74.3 Å². The predicted octanol–water partition coefficient (Wildman–Crippen LogP) is 12.5. The predicted molar refractivity (Wildman–Crippen MR) is 266 cm³/mol. The Hall–Kier alpha value is -7.76. The van der Waals surface area contributed by atoms with Crippen molar-refractivity contribution in [1.82, 2.24) is 14.5 Å². The number of benzene rings is 6. The van der Waals surface area contributed by atoms with Gasteiger partial charge in [0.25, 0.3) is 7.41 Å². The molecule has 6 aromatic carbocycles. The zero-order valence-electron chi connectivity index (χ0n) is 35.3. The highest BCUT2D eigenvalue weighted by Crippen LogP contribution is 2.34. The van der Waals surface area contributed by atoms with E-state index in [2.05, 4.69) is 224 Å². The molecule has 0 saturated heterocycles. The summed E-state index contributed by atoms with van der Waals surface area (Å²) in [6.07, 6.45) is 17.7. The smallest absolute Gasteiger partial charge is 0.277 e. The SMILES string of the molecule is C=c1\c(=C/C=C(C)/C2=C/CC3=CC=CCC3N(c3cccc(-c4cccc(-c5cc(-c6ccccc6)nc(-c6ccccc6)n5)c4)c3)[B]C=C2)n(-c2ccccc2)c2ccccc12. The molecule has 3 heterocycles. The standard InChI is InChI=1S/C58H46BN4/c1-41(32-35-55-42(2)52-29-13-15-31-57(52)62(55)50-26-10-5-11-27-50)43-33-34-45-20-12-14-30-56(45)63(59-37-36-43)51-28-17-24-48(39-51)47-23-16-25-49(38-47)54-40-53(44-18-6-3-7-19-44)60-58(61-54)46-21-8-4-9-22-46/h3-29,31-33,35-40,56H,2,30,34H2,1H3/b37-36?,41-32+,43-33+,55-35+. The van der Waals surface area contributed by atoms with Crippen molar-refractivity contribution in [2.45, 2.75) is 25.8 Å². The summed E-state index contributed by atoms with van der Waals surface area (Å²) in [4.78, 5) is 12.6. The summed E-state index contributed by atoms with van der Waals surface area (Å²) in [7, 11) is 2.25. The van der Waals surface area contributed by atoms with E-state index in [1.165, 1.54) is 16.7 Å². The Morgan fingerprint density at radius 1 is 0.667 bits per heavy atom. The zero-order valence-corrected chi connectivity index (χ0v) is 35.3. The first-order valence-corrected chi connectivity index (χ1v) is 21.7. The van der Waals surface area contributed by atoms with Gasteiger partial charge in [0.05, 0.1) is 22.3 Å². The number of hydrogen-bond acceptors (Lipinski definition) is 3. The molecule has 0 saturated carbocycles. The van der Waals surface area contributed by atoms with Crippen LogP contribution in [0.4, 0.5) is 5.69 Å². The van der Waals surface area contributed by atoms with Gasteiger partial charge in [-0.1, -0.05) is 176 Å². The molecular formula is C58H46BN4. The maximum atomic E-state index is 5.11. The molecule has 0 fully saturated rings. The summed E-state index contributed by atoms with van der Waals surface area (Å²) >= 11 is 0. The van der Waals surface area contributed by atoms with Gasteiger partial charge < -0.3 is 9.38 Å². The summed E-state index contributed by atoms with van der Waals surface area (Å²) in [5.74, 6) is 2.91. The minimum absolute atomic E-state index is 0.191. The van der Waals surface area contributed by atoms with E-state index in [1.807, 2.05) is 24.3 Å². The Balaban J connectivity index is 0.966. The van der Waals surface area contributed by atoms with Crippen molar-refractivity contribution in [3.63, 3.8) is 0 Å². The number of aromatic nitrogens is 3. The minimum Gasteiger partial charge on any atom is -0.408 e. The van der Waals surface area contributed by atoms with E-state index < -0.39 is 0 Å². The number of anilines is 1. The second-order valence-electron chi connectivity index (χ2n) is 16.1. The summed E-state index contributed by atoms with van der Waals surface area (Å²) in [5.41, 5.74) is 14.4. The van der Waals surface area contributed by atoms with Crippen LogP contribution in [0.3, 0.4) is 0 Å². The highest BCUT2D eigenvalue weighted by atomic mass is 15.1. The molecule has 2 aromatic heterocycles. The van der Waals surface area contributed by atoms with Gasteiger partial charge in [-0.2, -0.15) is 0 Å². The number of fused-ring (bicyclic) bond motifs is 2. The van der Waals surface area contributed by atoms with Gasteiger partial charge in [-0.05, 0) is 96.2 Å². The van der Waals surface area contributed by atoms with Crippen molar-refractivity contribution >= 4 is 36.7 Å². The van der Waals surface area contributed by atoms with Crippen LogP contribution in [-0.2, 0) is 0 Å².